The highest BCUT2D eigenvalue weighted by atomic mass is 15.1. The van der Waals surface area contributed by atoms with E-state index >= 15 is 0 Å². The lowest BCUT2D eigenvalue weighted by Crippen LogP contribution is -2.17. The van der Waals surface area contributed by atoms with E-state index in [-0.39, 0.29) is 0 Å². The third kappa shape index (κ3) is 6.06. The van der Waals surface area contributed by atoms with Crippen molar-refractivity contribution in [3.05, 3.63) is 211 Å². The zero-order valence-corrected chi connectivity index (χ0v) is 30.8. The van der Waals surface area contributed by atoms with Gasteiger partial charge in [-0.3, -0.25) is 0 Å². The number of hydrogen-bond donors (Lipinski definition) is 0. The van der Waals surface area contributed by atoms with Crippen LogP contribution in [-0.2, 0) is 13.0 Å². The van der Waals surface area contributed by atoms with Gasteiger partial charge in [-0.2, -0.15) is 0 Å². The van der Waals surface area contributed by atoms with Crippen molar-refractivity contribution in [1.29, 1.82) is 0 Å². The molecule has 0 N–H and O–H groups in total. The summed E-state index contributed by atoms with van der Waals surface area (Å²) in [5.74, 6) is 0. The topological polar surface area (TPSA) is 8.17 Å². The molecule has 0 aliphatic carbocycles. The maximum absolute atomic E-state index is 2.50. The molecule has 0 atom stereocenters. The molecular formula is C52H42N2. The quantitative estimate of drug-likeness (QED) is 0.157. The van der Waals surface area contributed by atoms with Gasteiger partial charge in [0.1, 0.15) is 0 Å². The van der Waals surface area contributed by atoms with Gasteiger partial charge in [0.15, 0.2) is 0 Å². The van der Waals surface area contributed by atoms with Crippen molar-refractivity contribution in [2.45, 2.75) is 26.8 Å². The molecule has 0 aliphatic rings. The number of aryl methyl sites for hydroxylation is 2. The second kappa shape index (κ2) is 14.4. The number of rotatable bonds is 6. The van der Waals surface area contributed by atoms with Gasteiger partial charge in [0, 0.05) is 34.4 Å². The Hall–Kier alpha value is -6.64. The van der Waals surface area contributed by atoms with Gasteiger partial charge in [-0.05, 0) is 111 Å². The van der Waals surface area contributed by atoms with Crippen molar-refractivity contribution >= 4 is 65.5 Å². The predicted octanol–water partition coefficient (Wildman–Crippen LogP) is 14.1. The average Bonchev–Trinajstić information content (AvgIpc) is 3.58. The second-order valence-electron chi connectivity index (χ2n) is 14.0. The van der Waals surface area contributed by atoms with Crippen LogP contribution >= 0.6 is 0 Å². The molecule has 9 aromatic carbocycles. The van der Waals surface area contributed by atoms with Crippen LogP contribution in [0.2, 0.25) is 0 Å². The molecule has 260 valence electrons. The van der Waals surface area contributed by atoms with Gasteiger partial charge >= 0.3 is 0 Å². The lowest BCUT2D eigenvalue weighted by molar-refractivity contribution is 0.991. The first kappa shape index (κ1) is 33.2. The van der Waals surface area contributed by atoms with Crippen molar-refractivity contribution in [1.82, 2.24) is 4.57 Å². The first-order valence-electron chi connectivity index (χ1n) is 19.0. The normalized spacial score (nSPS) is 11.3. The summed E-state index contributed by atoms with van der Waals surface area (Å²) < 4.78 is 2.38. The van der Waals surface area contributed by atoms with Gasteiger partial charge in [0.25, 0.3) is 0 Å². The van der Waals surface area contributed by atoms with E-state index in [2.05, 4.69) is 217 Å². The molecule has 1 aromatic heterocycles. The van der Waals surface area contributed by atoms with E-state index in [0.29, 0.717) is 0 Å². The van der Waals surface area contributed by atoms with Gasteiger partial charge < -0.3 is 9.47 Å². The zero-order chi connectivity index (χ0) is 36.4. The number of fused-ring (bicyclic) bond motifs is 6. The summed E-state index contributed by atoms with van der Waals surface area (Å²) in [4.78, 5) is 2.50. The Morgan fingerprint density at radius 3 is 1.50 bits per heavy atom. The molecule has 0 unspecified atom stereocenters. The fourth-order valence-corrected chi connectivity index (χ4v) is 8.13. The highest BCUT2D eigenvalue weighted by Gasteiger charge is 2.19. The molecule has 0 bridgehead atoms. The van der Waals surface area contributed by atoms with Crippen LogP contribution in [0.15, 0.2) is 194 Å². The van der Waals surface area contributed by atoms with Crippen molar-refractivity contribution in [2.75, 3.05) is 4.90 Å². The van der Waals surface area contributed by atoms with Crippen LogP contribution in [-0.4, -0.2) is 4.57 Å². The van der Waals surface area contributed by atoms with Crippen LogP contribution in [0.3, 0.4) is 0 Å². The van der Waals surface area contributed by atoms with Crippen molar-refractivity contribution in [3.63, 3.8) is 0 Å². The Labute approximate surface area is 317 Å². The van der Waals surface area contributed by atoms with Gasteiger partial charge in [-0.25, -0.2) is 0 Å². The number of aromatic nitrogens is 1. The number of benzene rings is 9. The summed E-state index contributed by atoms with van der Waals surface area (Å²) in [7, 11) is 0. The molecule has 2 nitrogen and oxygen atoms in total. The summed E-state index contributed by atoms with van der Waals surface area (Å²) in [6.45, 7) is 5.23. The third-order valence-corrected chi connectivity index (χ3v) is 10.9. The van der Waals surface area contributed by atoms with Crippen LogP contribution in [0, 0.1) is 6.92 Å². The molecule has 0 aliphatic heterocycles. The van der Waals surface area contributed by atoms with Crippen LogP contribution < -0.4 is 4.90 Å². The monoisotopic (exact) mass is 694 g/mol. The molecule has 10 rings (SSSR count). The summed E-state index contributed by atoms with van der Waals surface area (Å²) in [6, 6.07) is 70.1. The molecule has 0 spiro atoms. The van der Waals surface area contributed by atoms with Crippen molar-refractivity contribution in [3.8, 4) is 5.69 Å². The molecule has 0 saturated heterocycles. The SMILES string of the molecule is CCc1ccc(N(Cc2c3ccccc3c(C)c3ccccc23)c2ccc3c(c2)c2ccccc2n3-c2ccccc2)cc1.c1ccc2ccccc2c1. The summed E-state index contributed by atoms with van der Waals surface area (Å²) >= 11 is 0. The van der Waals surface area contributed by atoms with Crippen LogP contribution in [0.25, 0.3) is 59.8 Å². The Morgan fingerprint density at radius 1 is 0.426 bits per heavy atom. The number of anilines is 2. The first-order chi connectivity index (χ1) is 26.7. The van der Waals surface area contributed by atoms with Crippen LogP contribution in [0.5, 0.6) is 0 Å². The number of para-hydroxylation sites is 2. The van der Waals surface area contributed by atoms with E-state index < -0.39 is 0 Å². The maximum atomic E-state index is 2.50. The predicted molar refractivity (Wildman–Crippen MR) is 233 cm³/mol. The second-order valence-corrected chi connectivity index (χ2v) is 14.0. The van der Waals surface area contributed by atoms with Gasteiger partial charge in [-0.1, -0.05) is 153 Å². The molecule has 1 heterocycles. The molecule has 54 heavy (non-hydrogen) atoms. The largest absolute Gasteiger partial charge is 0.337 e. The van der Waals surface area contributed by atoms with Crippen molar-refractivity contribution < 1.29 is 0 Å². The highest BCUT2D eigenvalue weighted by molar-refractivity contribution is 6.11. The van der Waals surface area contributed by atoms with E-state index in [1.165, 1.54) is 87.9 Å². The minimum atomic E-state index is 0.760. The van der Waals surface area contributed by atoms with Crippen LogP contribution in [0.1, 0.15) is 23.6 Å². The Balaban J connectivity index is 0.000000332. The van der Waals surface area contributed by atoms with E-state index in [1.54, 1.807) is 0 Å². The Kier molecular flexibility index (Phi) is 8.86. The molecule has 0 saturated carbocycles. The molecule has 0 fully saturated rings. The summed E-state index contributed by atoms with van der Waals surface area (Å²) in [5, 5.41) is 10.4. The van der Waals surface area contributed by atoms with Gasteiger partial charge in [0.2, 0.25) is 0 Å². The fourth-order valence-electron chi connectivity index (χ4n) is 8.13. The van der Waals surface area contributed by atoms with E-state index in [9.17, 15) is 0 Å². The fraction of sp³-hybridized carbons (Fsp3) is 0.0769. The standard InChI is InChI=1S/C42H34N2.C10H8/c1-3-30-21-23-31(24-22-30)43(28-40-36-17-9-7-15-34(36)29(2)35-16-8-10-18-37(35)40)33-25-26-42-39(27-33)38-19-11-12-20-41(38)44(42)32-13-5-4-6-14-32;1-2-6-10-8-4-3-7-9(10)5-1/h4-27H,3,28H2,1-2H3;1-8H. The van der Waals surface area contributed by atoms with Gasteiger partial charge in [0.05, 0.1) is 11.0 Å². The summed E-state index contributed by atoms with van der Waals surface area (Å²) in [6.07, 6.45) is 1.03. The molecule has 0 amide bonds. The Bertz CT molecular complexity index is 2780. The molecular weight excluding hydrogens is 653 g/mol. The molecule has 10 aromatic rings. The zero-order valence-electron chi connectivity index (χ0n) is 30.8. The lowest BCUT2D eigenvalue weighted by Gasteiger charge is -2.28. The highest BCUT2D eigenvalue weighted by Crippen LogP contribution is 2.39. The maximum Gasteiger partial charge on any atom is 0.0542 e. The first-order valence-corrected chi connectivity index (χ1v) is 19.0. The minimum Gasteiger partial charge on any atom is -0.337 e. The number of nitrogens with zero attached hydrogens (tertiary/aromatic N) is 2. The molecule has 0 radical (unpaired) electrons. The average molecular weight is 695 g/mol. The van der Waals surface area contributed by atoms with Crippen LogP contribution in [0.4, 0.5) is 11.4 Å². The molecule has 2 heteroatoms. The number of hydrogen-bond acceptors (Lipinski definition) is 1. The lowest BCUT2D eigenvalue weighted by atomic mass is 9.92. The van der Waals surface area contributed by atoms with E-state index in [0.717, 1.165) is 13.0 Å². The smallest absolute Gasteiger partial charge is 0.0542 e. The van der Waals surface area contributed by atoms with Crippen molar-refractivity contribution in [2.24, 2.45) is 0 Å². The van der Waals surface area contributed by atoms with E-state index in [4.69, 9.17) is 0 Å². The minimum absolute atomic E-state index is 0.760. The van der Waals surface area contributed by atoms with E-state index in [1.807, 2.05) is 0 Å². The summed E-state index contributed by atoms with van der Waals surface area (Å²) in [5.41, 5.74) is 10.0. The van der Waals surface area contributed by atoms with Gasteiger partial charge in [-0.15, -0.1) is 0 Å². The third-order valence-electron chi connectivity index (χ3n) is 10.9. The Morgan fingerprint density at radius 2 is 0.907 bits per heavy atom.